The maximum atomic E-state index is 14.6. The summed E-state index contributed by atoms with van der Waals surface area (Å²) in [4.78, 5) is 0. The van der Waals surface area contributed by atoms with E-state index in [4.69, 9.17) is 27.1 Å². The third kappa shape index (κ3) is 14.9. The molecule has 0 heterocycles. The van der Waals surface area contributed by atoms with Crippen LogP contribution in [0.1, 0.15) is 119 Å². The van der Waals surface area contributed by atoms with Crippen LogP contribution in [0.3, 0.4) is 0 Å². The Balaban J connectivity index is 6.82. The van der Waals surface area contributed by atoms with Gasteiger partial charge in [-0.3, -0.25) is 13.7 Å². The fourth-order valence-corrected chi connectivity index (χ4v) is 25.1. The lowest BCUT2D eigenvalue weighted by atomic mass is 10.4. The molecule has 0 aliphatic heterocycles. The van der Waals surface area contributed by atoms with Crippen LogP contribution in [0, 0.1) is 0 Å². The van der Waals surface area contributed by atoms with Crippen LogP contribution in [-0.4, -0.2) is 39.6 Å². The number of hydrogen-bond acceptors (Lipinski definition) is 9. The minimum Gasteiger partial charge on any atom is -0.305 e. The topological polar surface area (TPSA) is 107 Å². The minimum atomic E-state index is -4.29. The Kier molecular flexibility index (Phi) is 23.1. The highest BCUT2D eigenvalue weighted by Crippen LogP contribution is 3.09. The second kappa shape index (κ2) is 22.6. The van der Waals surface area contributed by atoms with Crippen molar-refractivity contribution in [2.45, 2.75) is 119 Å². The largest absolute Gasteiger partial charge is 0.374 e. The van der Waals surface area contributed by atoms with Gasteiger partial charge in [-0.1, -0.05) is 80.1 Å². The van der Waals surface area contributed by atoms with Gasteiger partial charge in [0.05, 0.1) is 39.6 Å². The van der Waals surface area contributed by atoms with Gasteiger partial charge in [0.25, 0.3) is 6.99 Å². The van der Waals surface area contributed by atoms with Gasteiger partial charge in [-0.15, -0.1) is 0 Å². The van der Waals surface area contributed by atoms with Crippen molar-refractivity contribution < 1.29 is 40.8 Å². The Morgan fingerprint density at radius 1 is 0.378 bits per heavy atom. The molecule has 0 saturated carbocycles. The average Bonchev–Trinajstić information content (AvgIpc) is 2.85. The van der Waals surface area contributed by atoms with E-state index in [1.54, 1.807) is 0 Å². The number of rotatable bonds is 27. The highest BCUT2D eigenvalue weighted by Gasteiger charge is 2.64. The van der Waals surface area contributed by atoms with Gasteiger partial charge >= 0.3 is 21.9 Å². The zero-order valence-corrected chi connectivity index (χ0v) is 27.8. The molecular formula is C24H54O9P4. The first-order valence-corrected chi connectivity index (χ1v) is 22.3. The van der Waals surface area contributed by atoms with Gasteiger partial charge in [-0.2, -0.15) is 0 Å². The molecule has 0 aromatic carbocycles. The molecular weight excluding hydrogens is 556 g/mol. The fourth-order valence-electron chi connectivity index (χ4n) is 2.77. The molecule has 0 rings (SSSR count). The normalized spacial score (nSPS) is 13.1. The molecule has 0 atom stereocenters. The van der Waals surface area contributed by atoms with Crippen LogP contribution in [0.2, 0.25) is 0 Å². The van der Waals surface area contributed by atoms with Gasteiger partial charge < -0.3 is 27.1 Å². The van der Waals surface area contributed by atoms with E-state index in [0.717, 1.165) is 38.5 Å². The summed E-state index contributed by atoms with van der Waals surface area (Å²) in [6, 6.07) is 0. The maximum Gasteiger partial charge on any atom is 0.374 e. The van der Waals surface area contributed by atoms with Gasteiger partial charge in [0, 0.05) is 0 Å². The molecule has 0 fully saturated rings. The van der Waals surface area contributed by atoms with Crippen molar-refractivity contribution in [3.8, 4) is 0 Å². The molecule has 0 amide bonds. The number of unbranched alkanes of at least 4 members (excludes halogenated alkanes) is 6. The summed E-state index contributed by atoms with van der Waals surface area (Å²) in [6.07, 6.45) is 8.43. The molecule has 0 unspecified atom stereocenters. The van der Waals surface area contributed by atoms with Crippen LogP contribution < -0.4 is 0 Å². The van der Waals surface area contributed by atoms with Crippen LogP contribution in [0.4, 0.5) is 0 Å². The van der Waals surface area contributed by atoms with Crippen LogP contribution in [0.5, 0.6) is 0 Å². The SMILES string of the molecule is CCCCOP(=O)(OCCCC)P(P(=O)(OCCCC)OCCCC)P(=O)(OCCCC)OCCCC. The highest BCUT2D eigenvalue weighted by atomic mass is 32.8. The maximum absolute atomic E-state index is 14.6. The summed E-state index contributed by atoms with van der Waals surface area (Å²) in [5.74, 6) is 0. The van der Waals surface area contributed by atoms with E-state index >= 15 is 0 Å². The van der Waals surface area contributed by atoms with E-state index in [0.29, 0.717) is 38.5 Å². The molecule has 0 radical (unpaired) electrons. The lowest BCUT2D eigenvalue weighted by Gasteiger charge is -2.35. The first-order chi connectivity index (χ1) is 17.7. The third-order valence-electron chi connectivity index (χ3n) is 5.17. The quantitative estimate of drug-likeness (QED) is 0.0663. The van der Waals surface area contributed by atoms with Crippen molar-refractivity contribution in [2.24, 2.45) is 0 Å². The third-order valence-corrected chi connectivity index (χ3v) is 27.4. The van der Waals surface area contributed by atoms with Crippen LogP contribution >= 0.6 is 28.8 Å². The summed E-state index contributed by atoms with van der Waals surface area (Å²) < 4.78 is 79.2. The molecule has 0 aliphatic rings. The Morgan fingerprint density at radius 2 is 0.541 bits per heavy atom. The Morgan fingerprint density at radius 3 is 0.676 bits per heavy atom. The molecule has 0 saturated heterocycles. The molecule has 0 aliphatic carbocycles. The summed E-state index contributed by atoms with van der Waals surface area (Å²) in [7, 11) is -12.9. The van der Waals surface area contributed by atoms with E-state index in [-0.39, 0.29) is 39.6 Å². The molecule has 224 valence electrons. The van der Waals surface area contributed by atoms with Crippen molar-refractivity contribution >= 4 is 28.8 Å². The molecule has 0 N–H and O–H groups in total. The predicted octanol–water partition coefficient (Wildman–Crippen LogP) is 10.7. The molecule has 13 heteroatoms. The standard InChI is InChI=1S/C24H54O9P4/c1-7-13-19-28-35(25,29-20-14-8-2)34(36(26,30-21-15-9-3)31-22-16-10-4)37(27,32-23-17-11-5)33-24-18-12-6/h7-24H2,1-6H3. The first kappa shape index (κ1) is 37.9. The van der Waals surface area contributed by atoms with Crippen LogP contribution in [0.25, 0.3) is 0 Å². The highest BCUT2D eigenvalue weighted by molar-refractivity contribution is 8.83. The van der Waals surface area contributed by atoms with Crippen molar-refractivity contribution in [2.75, 3.05) is 39.6 Å². The summed E-state index contributed by atoms with van der Waals surface area (Å²) in [6.45, 7) is 9.74. The first-order valence-electron chi connectivity index (χ1n) is 14.2. The van der Waals surface area contributed by atoms with E-state index in [1.807, 2.05) is 41.5 Å². The average molecular weight is 611 g/mol. The zero-order valence-electron chi connectivity index (χ0n) is 24.2. The van der Waals surface area contributed by atoms with Crippen molar-refractivity contribution in [1.29, 1.82) is 0 Å². The monoisotopic (exact) mass is 610 g/mol. The lowest BCUT2D eigenvalue weighted by Crippen LogP contribution is -2.07. The second-order valence-electron chi connectivity index (χ2n) is 8.79. The molecule has 9 nitrogen and oxygen atoms in total. The predicted molar refractivity (Wildman–Crippen MR) is 155 cm³/mol. The number of hydrogen-bond donors (Lipinski definition) is 0. The summed E-state index contributed by atoms with van der Waals surface area (Å²) >= 11 is 0. The van der Waals surface area contributed by atoms with Crippen molar-refractivity contribution in [1.82, 2.24) is 0 Å². The molecule has 37 heavy (non-hydrogen) atoms. The van der Waals surface area contributed by atoms with Crippen LogP contribution in [0.15, 0.2) is 0 Å². The van der Waals surface area contributed by atoms with Crippen LogP contribution in [-0.2, 0) is 40.8 Å². The Labute approximate surface area is 227 Å². The summed E-state index contributed by atoms with van der Waals surface area (Å²) in [5, 5.41) is 0. The van der Waals surface area contributed by atoms with E-state index in [9.17, 15) is 13.7 Å². The molecule has 0 aromatic rings. The van der Waals surface area contributed by atoms with Gasteiger partial charge in [0.15, 0.2) is 0 Å². The van der Waals surface area contributed by atoms with E-state index < -0.39 is 28.8 Å². The Hall–Kier alpha value is 0.880. The lowest BCUT2D eigenvalue weighted by molar-refractivity contribution is 0.203. The zero-order chi connectivity index (χ0) is 28.0. The van der Waals surface area contributed by atoms with Crippen molar-refractivity contribution in [3.63, 3.8) is 0 Å². The smallest absolute Gasteiger partial charge is 0.305 e. The Bertz CT molecular complexity index is 561. The van der Waals surface area contributed by atoms with E-state index in [1.165, 1.54) is 0 Å². The van der Waals surface area contributed by atoms with Gasteiger partial charge in [-0.05, 0) is 38.5 Å². The van der Waals surface area contributed by atoms with Gasteiger partial charge in [0.1, 0.15) is 0 Å². The summed E-state index contributed by atoms with van der Waals surface area (Å²) in [5.41, 5.74) is 0. The molecule has 0 bridgehead atoms. The molecule has 0 aromatic heterocycles. The fraction of sp³-hybridized carbons (Fsp3) is 1.00. The van der Waals surface area contributed by atoms with Gasteiger partial charge in [0.2, 0.25) is 0 Å². The van der Waals surface area contributed by atoms with E-state index in [2.05, 4.69) is 0 Å². The van der Waals surface area contributed by atoms with Gasteiger partial charge in [-0.25, -0.2) is 0 Å². The van der Waals surface area contributed by atoms with Crippen molar-refractivity contribution in [3.05, 3.63) is 0 Å². The molecule has 0 spiro atoms. The minimum absolute atomic E-state index is 0.104. The second-order valence-corrected chi connectivity index (χ2v) is 24.5.